The van der Waals surface area contributed by atoms with Gasteiger partial charge >= 0.3 is 0 Å². The molecule has 0 aliphatic heterocycles. The second-order valence-corrected chi connectivity index (χ2v) is 13.6. The van der Waals surface area contributed by atoms with Gasteiger partial charge < -0.3 is 14.0 Å². The third-order valence-electron chi connectivity index (χ3n) is 9.43. The van der Waals surface area contributed by atoms with Gasteiger partial charge in [0, 0.05) is 51.3 Å². The zero-order valence-electron chi connectivity index (χ0n) is 36.3. The maximum atomic E-state index is 7.28. The van der Waals surface area contributed by atoms with E-state index >= 15 is 0 Å². The van der Waals surface area contributed by atoms with Crippen LogP contribution in [0.1, 0.15) is 87.0 Å². The molecule has 0 atom stereocenters. The SMILES string of the molecule is Cc1nc(C)c2c(nc(-c3[c-]ccc4c3oc3ccccc34)n2-c2c(C(C)C)cccc2C(C)C)c1C.[2H]C([2H])([2H])c1c[c-]c(-c2ccc(C([2H])([2H])[2H])cn2)cc1.[Ir]. The van der Waals surface area contributed by atoms with Crippen molar-refractivity contribution in [3.8, 4) is 28.3 Å². The molecule has 0 amide bonds. The van der Waals surface area contributed by atoms with E-state index in [9.17, 15) is 0 Å². The predicted octanol–water partition coefficient (Wildman–Crippen LogP) is 12.1. The third-order valence-corrected chi connectivity index (χ3v) is 9.43. The Bertz CT molecular complexity index is 2660. The Labute approximate surface area is 329 Å². The smallest absolute Gasteiger partial charge is 0.120 e. The fourth-order valence-corrected chi connectivity index (χ4v) is 6.72. The Balaban J connectivity index is 0.000000230. The summed E-state index contributed by atoms with van der Waals surface area (Å²) in [6.07, 6.45) is 1.30. The largest absolute Gasteiger partial charge is 0.501 e. The average molecular weight is 867 g/mol. The monoisotopic (exact) mass is 867 g/mol. The van der Waals surface area contributed by atoms with E-state index in [1.807, 2.05) is 18.2 Å². The molecule has 8 aromatic rings. The van der Waals surface area contributed by atoms with Crippen LogP contribution < -0.4 is 0 Å². The minimum absolute atomic E-state index is 0. The number of rotatable bonds is 5. The molecule has 5 nitrogen and oxygen atoms in total. The number of aryl methyl sites for hydroxylation is 5. The molecule has 0 saturated carbocycles. The minimum atomic E-state index is -2.18. The Morgan fingerprint density at radius 1 is 0.750 bits per heavy atom. The van der Waals surface area contributed by atoms with E-state index in [0.29, 0.717) is 23.1 Å². The molecule has 265 valence electrons. The van der Waals surface area contributed by atoms with Crippen LogP contribution in [0, 0.1) is 46.6 Å². The molecule has 0 unspecified atom stereocenters. The summed E-state index contributed by atoms with van der Waals surface area (Å²) in [6, 6.07) is 32.9. The number of imidazole rings is 1. The topological polar surface area (TPSA) is 56.7 Å². The van der Waals surface area contributed by atoms with E-state index in [0.717, 1.165) is 61.3 Å². The van der Waals surface area contributed by atoms with Crippen molar-refractivity contribution in [1.29, 1.82) is 0 Å². The summed E-state index contributed by atoms with van der Waals surface area (Å²) in [4.78, 5) is 14.4. The first-order valence-corrected chi connectivity index (χ1v) is 17.3. The molecule has 4 heterocycles. The van der Waals surface area contributed by atoms with Crippen LogP contribution in [0.25, 0.3) is 61.3 Å². The van der Waals surface area contributed by atoms with Crippen molar-refractivity contribution in [2.75, 3.05) is 0 Å². The first-order chi connectivity index (χ1) is 27.0. The van der Waals surface area contributed by atoms with Gasteiger partial charge in [0.15, 0.2) is 0 Å². The van der Waals surface area contributed by atoms with E-state index in [2.05, 4.69) is 107 Å². The molecule has 8 rings (SSSR count). The van der Waals surface area contributed by atoms with Gasteiger partial charge in [0.1, 0.15) is 5.58 Å². The molecule has 0 aliphatic carbocycles. The van der Waals surface area contributed by atoms with Gasteiger partial charge in [-0.05, 0) is 73.5 Å². The normalized spacial score (nSPS) is 13.6. The zero-order chi connectivity index (χ0) is 41.0. The summed E-state index contributed by atoms with van der Waals surface area (Å²) in [5.41, 5.74) is 13.0. The number of aromatic nitrogens is 4. The van der Waals surface area contributed by atoms with Gasteiger partial charge in [0.05, 0.1) is 28.1 Å². The van der Waals surface area contributed by atoms with Gasteiger partial charge in [-0.3, -0.25) is 9.97 Å². The van der Waals surface area contributed by atoms with Crippen LogP contribution in [0.3, 0.4) is 0 Å². The first-order valence-electron chi connectivity index (χ1n) is 20.3. The molecular weight excluding hydrogens is 817 g/mol. The van der Waals surface area contributed by atoms with Crippen molar-refractivity contribution < 1.29 is 32.7 Å². The van der Waals surface area contributed by atoms with Gasteiger partial charge in [-0.2, -0.15) is 0 Å². The van der Waals surface area contributed by atoms with Crippen molar-refractivity contribution in [2.24, 2.45) is 0 Å². The number of nitrogens with zero attached hydrogens (tertiary/aromatic N) is 4. The Kier molecular flexibility index (Phi) is 8.55. The molecule has 52 heavy (non-hydrogen) atoms. The van der Waals surface area contributed by atoms with Crippen LogP contribution in [0.5, 0.6) is 0 Å². The van der Waals surface area contributed by atoms with Crippen molar-refractivity contribution >= 4 is 33.0 Å². The summed E-state index contributed by atoms with van der Waals surface area (Å²) < 4.78 is 52.4. The standard InChI is InChI=1S/C33H32N3O.C13H12N.Ir/c1-18(2)23-13-10-14-24(19(3)4)31(23)36-30-22(7)34-21(6)20(5)29(30)35-33(36)27-16-11-15-26-25-12-8-9-17-28(25)37-32(26)27;1-10-3-6-12(7-4-10)13-8-5-11(2)9-14-13;/h8-15,17-19H,1-7H3;3-6,8-9H,1-2H3;/q2*-1;/i;1D3,2D3;. The van der Waals surface area contributed by atoms with E-state index < -0.39 is 13.7 Å². The summed E-state index contributed by atoms with van der Waals surface area (Å²) in [7, 11) is 0. The van der Waals surface area contributed by atoms with Crippen molar-refractivity contribution in [3.63, 3.8) is 0 Å². The number of furan rings is 1. The Morgan fingerprint density at radius 2 is 1.48 bits per heavy atom. The molecule has 0 aliphatic rings. The molecule has 0 bridgehead atoms. The minimum Gasteiger partial charge on any atom is -0.501 e. The zero-order valence-corrected chi connectivity index (χ0v) is 32.7. The fraction of sp³-hybridized carbons (Fsp3) is 0.239. The number of pyridine rings is 2. The van der Waals surface area contributed by atoms with Crippen molar-refractivity contribution in [3.05, 3.63) is 142 Å². The molecule has 1 radical (unpaired) electrons. The first kappa shape index (κ1) is 29.7. The van der Waals surface area contributed by atoms with Gasteiger partial charge in [-0.25, -0.2) is 0 Å². The second-order valence-electron chi connectivity index (χ2n) is 13.6. The maximum absolute atomic E-state index is 7.28. The summed E-state index contributed by atoms with van der Waals surface area (Å²) in [6.45, 7) is 11.0. The molecular formula is C46H44IrN4O-2. The second kappa shape index (κ2) is 15.0. The third kappa shape index (κ3) is 6.74. The van der Waals surface area contributed by atoms with Crippen molar-refractivity contribution in [2.45, 2.75) is 74.0 Å². The van der Waals surface area contributed by atoms with Crippen LogP contribution in [-0.4, -0.2) is 19.5 Å². The van der Waals surface area contributed by atoms with Crippen LogP contribution in [0.2, 0.25) is 0 Å². The van der Waals surface area contributed by atoms with Gasteiger partial charge in [0.2, 0.25) is 0 Å². The van der Waals surface area contributed by atoms with Gasteiger partial charge in [-0.1, -0.05) is 94.0 Å². The number of fused-ring (bicyclic) bond motifs is 4. The predicted molar refractivity (Wildman–Crippen MR) is 211 cm³/mol. The van der Waals surface area contributed by atoms with Gasteiger partial charge in [-0.15, -0.1) is 53.6 Å². The van der Waals surface area contributed by atoms with E-state index in [4.69, 9.17) is 22.6 Å². The molecule has 0 spiro atoms. The van der Waals surface area contributed by atoms with Crippen LogP contribution in [0.4, 0.5) is 0 Å². The summed E-state index contributed by atoms with van der Waals surface area (Å²) in [5, 5.41) is 2.18. The number of para-hydroxylation sites is 2. The molecule has 4 aromatic carbocycles. The van der Waals surface area contributed by atoms with Gasteiger partial charge in [0.25, 0.3) is 0 Å². The average Bonchev–Trinajstić information content (AvgIpc) is 3.76. The number of hydrogen-bond acceptors (Lipinski definition) is 4. The molecule has 0 saturated heterocycles. The Hall–Kier alpha value is -4.90. The van der Waals surface area contributed by atoms with Crippen LogP contribution in [-0.2, 0) is 20.1 Å². The van der Waals surface area contributed by atoms with Crippen LogP contribution >= 0.6 is 0 Å². The number of benzene rings is 4. The van der Waals surface area contributed by atoms with E-state index in [1.54, 1.807) is 12.1 Å². The summed E-state index contributed by atoms with van der Waals surface area (Å²) in [5.74, 6) is 1.52. The molecule has 0 N–H and O–H groups in total. The number of hydrogen-bond donors (Lipinski definition) is 0. The molecule has 4 aromatic heterocycles. The fourth-order valence-electron chi connectivity index (χ4n) is 6.72. The van der Waals surface area contributed by atoms with E-state index in [1.165, 1.54) is 41.2 Å². The summed E-state index contributed by atoms with van der Waals surface area (Å²) >= 11 is 0. The van der Waals surface area contributed by atoms with E-state index in [-0.39, 0.29) is 31.2 Å². The maximum Gasteiger partial charge on any atom is 0.120 e. The molecule has 6 heteroatoms. The quantitative estimate of drug-likeness (QED) is 0.162. The Morgan fingerprint density at radius 3 is 2.13 bits per heavy atom. The molecule has 0 fully saturated rings. The van der Waals surface area contributed by atoms with Crippen molar-refractivity contribution in [1.82, 2.24) is 19.5 Å². The van der Waals surface area contributed by atoms with Crippen LogP contribution in [0.15, 0.2) is 95.5 Å².